The van der Waals surface area contributed by atoms with Gasteiger partial charge in [-0.2, -0.15) is 4.59 Å². The van der Waals surface area contributed by atoms with Gasteiger partial charge in [-0.3, -0.25) is 0 Å². The van der Waals surface area contributed by atoms with Gasteiger partial charge in [0, 0.05) is 5.22 Å². The summed E-state index contributed by atoms with van der Waals surface area (Å²) in [5, 5.41) is 7.42. The predicted molar refractivity (Wildman–Crippen MR) is 28.8 cm³/mol. The molecule has 3 heteroatoms. The van der Waals surface area contributed by atoms with Crippen molar-refractivity contribution in [3.8, 4) is 0 Å². The molecule has 0 amide bonds. The molecule has 3 nitrogen and oxygen atoms in total. The molecule has 0 saturated heterocycles. The monoisotopic (exact) mass is 102 g/mol. The van der Waals surface area contributed by atoms with Gasteiger partial charge >= 0.3 is 0 Å². The van der Waals surface area contributed by atoms with Gasteiger partial charge in [-0.25, -0.2) is 0 Å². The summed E-state index contributed by atoms with van der Waals surface area (Å²) >= 11 is 0. The van der Waals surface area contributed by atoms with Crippen LogP contribution in [0.5, 0.6) is 0 Å². The molecule has 0 fully saturated rings. The largest absolute Gasteiger partial charge is 0.186 e. The number of nitrogens with zero attached hydrogens (tertiary/aromatic N) is 3. The molecule has 0 heterocycles. The highest BCUT2D eigenvalue weighted by atomic mass is 15.6. The molecule has 0 aliphatic heterocycles. The third-order valence-electron chi connectivity index (χ3n) is 0.358. The fourth-order valence-corrected chi connectivity index (χ4v) is 0.268. The van der Waals surface area contributed by atoms with Crippen LogP contribution < -0.4 is 0 Å². The molecule has 0 aromatic heterocycles. The molecule has 0 saturated carbocycles. The van der Waals surface area contributed by atoms with Crippen molar-refractivity contribution in [2.24, 2.45) is 10.3 Å². The summed E-state index contributed by atoms with van der Waals surface area (Å²) in [5.41, 5.74) is 0. The Morgan fingerprint density at radius 3 is 1.57 bits per heavy atom. The van der Waals surface area contributed by atoms with E-state index < -0.39 is 0 Å². The standard InChI is InChI=1S/C4H12N3/c1-5-6-7(2,3)4/h1-4H3/q+1. The fraction of sp³-hybridized carbons (Fsp3) is 1.00. The second-order valence-electron chi connectivity index (χ2n) is 2.23. The number of hydrogen-bond donors (Lipinski definition) is 0. The Morgan fingerprint density at radius 2 is 1.57 bits per heavy atom. The summed E-state index contributed by atoms with van der Waals surface area (Å²) in [6, 6.07) is 0. The van der Waals surface area contributed by atoms with Crippen molar-refractivity contribution in [1.82, 2.24) is 0 Å². The third kappa shape index (κ3) is 5.56. The first-order valence-corrected chi connectivity index (χ1v) is 2.19. The molecule has 0 unspecified atom stereocenters. The molecule has 7 heavy (non-hydrogen) atoms. The van der Waals surface area contributed by atoms with E-state index in [1.807, 2.05) is 21.1 Å². The lowest BCUT2D eigenvalue weighted by Crippen LogP contribution is -2.26. The van der Waals surface area contributed by atoms with Crippen LogP contribution in [0.4, 0.5) is 0 Å². The number of quaternary nitrogens is 1. The van der Waals surface area contributed by atoms with Crippen LogP contribution in [0, 0.1) is 0 Å². The summed E-state index contributed by atoms with van der Waals surface area (Å²) < 4.78 is 0.552. The Labute approximate surface area is 44.2 Å². The van der Waals surface area contributed by atoms with E-state index in [-0.39, 0.29) is 0 Å². The number of hydrogen-bond acceptors (Lipinski definition) is 2. The lowest BCUT2D eigenvalue weighted by molar-refractivity contribution is -0.882. The topological polar surface area (TPSA) is 24.7 Å². The maximum absolute atomic E-state index is 3.82. The maximum atomic E-state index is 3.82. The minimum absolute atomic E-state index is 0.552. The predicted octanol–water partition coefficient (Wildman–Crippen LogP) is 0.690. The fourth-order valence-electron chi connectivity index (χ4n) is 0.268. The summed E-state index contributed by atoms with van der Waals surface area (Å²) in [6.07, 6.45) is 0. The lowest BCUT2D eigenvalue weighted by atomic mass is 10.9. The third-order valence-corrected chi connectivity index (χ3v) is 0.358. The van der Waals surface area contributed by atoms with Gasteiger partial charge < -0.3 is 0 Å². The van der Waals surface area contributed by atoms with Crippen molar-refractivity contribution >= 4 is 0 Å². The van der Waals surface area contributed by atoms with Crippen LogP contribution in [0.15, 0.2) is 10.3 Å². The highest BCUT2D eigenvalue weighted by Crippen LogP contribution is 1.88. The van der Waals surface area contributed by atoms with Crippen LogP contribution in [0.25, 0.3) is 0 Å². The van der Waals surface area contributed by atoms with E-state index >= 15 is 0 Å². The molecular weight excluding hydrogens is 90.1 g/mol. The van der Waals surface area contributed by atoms with Gasteiger partial charge in [-0.05, 0) is 0 Å². The smallest absolute Gasteiger partial charge is 0.0939 e. The Kier molecular flexibility index (Phi) is 1.90. The van der Waals surface area contributed by atoms with Crippen molar-refractivity contribution in [2.75, 3.05) is 28.2 Å². The average molecular weight is 102 g/mol. The van der Waals surface area contributed by atoms with E-state index in [1.54, 1.807) is 7.05 Å². The highest BCUT2D eigenvalue weighted by molar-refractivity contribution is 3.96. The molecule has 0 aliphatic rings. The van der Waals surface area contributed by atoms with Gasteiger partial charge in [0.1, 0.15) is 0 Å². The maximum Gasteiger partial charge on any atom is 0.0939 e. The van der Waals surface area contributed by atoms with Gasteiger partial charge in [-0.15, -0.1) is 5.11 Å². The molecule has 0 aliphatic carbocycles. The Balaban J connectivity index is 3.56. The Bertz CT molecular complexity index is 69.5. The summed E-state index contributed by atoms with van der Waals surface area (Å²) in [5.74, 6) is 0. The van der Waals surface area contributed by atoms with E-state index in [9.17, 15) is 0 Å². The summed E-state index contributed by atoms with van der Waals surface area (Å²) in [4.78, 5) is 0. The van der Waals surface area contributed by atoms with Crippen molar-refractivity contribution in [3.05, 3.63) is 0 Å². The van der Waals surface area contributed by atoms with E-state index in [0.29, 0.717) is 4.59 Å². The van der Waals surface area contributed by atoms with Gasteiger partial charge in [0.05, 0.1) is 28.2 Å². The molecule has 0 aromatic carbocycles. The zero-order valence-electron chi connectivity index (χ0n) is 5.34. The van der Waals surface area contributed by atoms with E-state index in [4.69, 9.17) is 0 Å². The second kappa shape index (κ2) is 2.02. The van der Waals surface area contributed by atoms with Crippen molar-refractivity contribution in [1.29, 1.82) is 0 Å². The first kappa shape index (κ1) is 6.56. The van der Waals surface area contributed by atoms with Crippen LogP contribution in [0.1, 0.15) is 0 Å². The second-order valence-corrected chi connectivity index (χ2v) is 2.23. The first-order chi connectivity index (χ1) is 3.06. The Hall–Kier alpha value is -0.440. The Morgan fingerprint density at radius 1 is 1.14 bits per heavy atom. The van der Waals surface area contributed by atoms with Crippen LogP contribution >= 0.6 is 0 Å². The normalized spacial score (nSPS) is 13.1. The SMILES string of the molecule is CN=N[N+](C)(C)C. The molecule has 0 bridgehead atoms. The average Bonchev–Trinajstić information content (AvgIpc) is 1.30. The van der Waals surface area contributed by atoms with Crippen LogP contribution in [-0.4, -0.2) is 32.8 Å². The minimum atomic E-state index is 0.552. The van der Waals surface area contributed by atoms with Gasteiger partial charge in [0.15, 0.2) is 0 Å². The molecular formula is C4H12N3+. The minimum Gasteiger partial charge on any atom is -0.186 e. The van der Waals surface area contributed by atoms with E-state index in [0.717, 1.165) is 0 Å². The molecule has 0 aromatic rings. The molecule has 0 N–H and O–H groups in total. The molecule has 0 rings (SSSR count). The summed E-state index contributed by atoms with van der Waals surface area (Å²) in [7, 11) is 7.52. The van der Waals surface area contributed by atoms with Crippen LogP contribution in [0.3, 0.4) is 0 Å². The van der Waals surface area contributed by atoms with Crippen LogP contribution in [-0.2, 0) is 0 Å². The lowest BCUT2D eigenvalue weighted by Gasteiger charge is -2.11. The van der Waals surface area contributed by atoms with Crippen molar-refractivity contribution in [3.63, 3.8) is 0 Å². The summed E-state index contributed by atoms with van der Waals surface area (Å²) in [6.45, 7) is 0. The highest BCUT2D eigenvalue weighted by Gasteiger charge is 2.00. The quantitative estimate of drug-likeness (QED) is 0.264. The molecule has 42 valence electrons. The van der Waals surface area contributed by atoms with Gasteiger partial charge in [-0.1, -0.05) is 0 Å². The zero-order valence-corrected chi connectivity index (χ0v) is 5.34. The molecule has 0 atom stereocenters. The van der Waals surface area contributed by atoms with Gasteiger partial charge in [0.25, 0.3) is 0 Å². The number of rotatable bonds is 1. The van der Waals surface area contributed by atoms with Crippen molar-refractivity contribution in [2.45, 2.75) is 0 Å². The van der Waals surface area contributed by atoms with E-state index in [2.05, 4.69) is 10.3 Å². The van der Waals surface area contributed by atoms with Crippen LogP contribution in [0.2, 0.25) is 0 Å². The molecule has 0 spiro atoms. The first-order valence-electron chi connectivity index (χ1n) is 2.19. The zero-order chi connectivity index (χ0) is 5.91. The van der Waals surface area contributed by atoms with Gasteiger partial charge in [0.2, 0.25) is 0 Å². The van der Waals surface area contributed by atoms with Crippen molar-refractivity contribution < 1.29 is 4.59 Å². The van der Waals surface area contributed by atoms with E-state index in [1.165, 1.54) is 0 Å². The molecule has 0 radical (unpaired) electrons.